The molecule has 78 valence electrons. The summed E-state index contributed by atoms with van der Waals surface area (Å²) in [6.45, 7) is 4.15. The highest BCUT2D eigenvalue weighted by molar-refractivity contribution is 5.51. The molecular weight excluding hydrogens is 191 g/mol. The van der Waals surface area contributed by atoms with Crippen LogP contribution >= 0.6 is 0 Å². The smallest absolute Gasteiger partial charge is 0.143 e. The van der Waals surface area contributed by atoms with Crippen molar-refractivity contribution in [2.24, 2.45) is 5.92 Å². The van der Waals surface area contributed by atoms with Gasteiger partial charge in [0, 0.05) is 18.8 Å². The summed E-state index contributed by atoms with van der Waals surface area (Å²) in [5, 5.41) is 8.61. The van der Waals surface area contributed by atoms with E-state index in [1.807, 2.05) is 12.1 Å². The second-order valence-corrected chi connectivity index (χ2v) is 4.12. The van der Waals surface area contributed by atoms with Gasteiger partial charge >= 0.3 is 0 Å². The summed E-state index contributed by atoms with van der Waals surface area (Å²) in [6, 6.07) is 6.65. The number of nitrogens with zero attached hydrogens (tertiary/aromatic N) is 2. The normalized spacial score (nSPS) is 20.3. The van der Waals surface area contributed by atoms with Crippen LogP contribution in [0.15, 0.2) is 18.2 Å². The van der Waals surface area contributed by atoms with E-state index in [0.717, 1.165) is 25.2 Å². The summed E-state index contributed by atoms with van der Waals surface area (Å²) in [6.07, 6.45) is 1.15. The van der Waals surface area contributed by atoms with Crippen molar-refractivity contribution in [3.8, 4) is 6.07 Å². The fourth-order valence-corrected chi connectivity index (χ4v) is 1.96. The molecule has 1 aliphatic rings. The van der Waals surface area contributed by atoms with E-state index in [2.05, 4.69) is 11.8 Å². The van der Waals surface area contributed by atoms with E-state index in [9.17, 15) is 4.39 Å². The highest BCUT2D eigenvalue weighted by Gasteiger charge is 2.19. The maximum atomic E-state index is 13.4. The van der Waals surface area contributed by atoms with E-state index in [4.69, 9.17) is 5.26 Å². The minimum Gasteiger partial charge on any atom is -0.371 e. The summed E-state index contributed by atoms with van der Waals surface area (Å²) in [5.41, 5.74) is 1.00. The standard InChI is InChI=1S/C12H13FN2/c1-9-4-5-15(8-9)11-3-2-10(7-14)12(13)6-11/h2-3,6,9H,4-5,8H2,1H3/t9-/m1/s1. The molecule has 0 radical (unpaired) electrons. The molecular formula is C12H13FN2. The van der Waals surface area contributed by atoms with Gasteiger partial charge in [-0.2, -0.15) is 5.26 Å². The number of anilines is 1. The molecule has 1 saturated heterocycles. The second kappa shape index (κ2) is 3.90. The molecule has 15 heavy (non-hydrogen) atoms. The number of benzene rings is 1. The highest BCUT2D eigenvalue weighted by atomic mass is 19.1. The number of rotatable bonds is 1. The fraction of sp³-hybridized carbons (Fsp3) is 0.417. The molecule has 1 aromatic rings. The Morgan fingerprint density at radius 3 is 2.87 bits per heavy atom. The van der Waals surface area contributed by atoms with Crippen molar-refractivity contribution in [3.63, 3.8) is 0 Å². The number of hydrogen-bond donors (Lipinski definition) is 0. The monoisotopic (exact) mass is 204 g/mol. The maximum absolute atomic E-state index is 13.4. The number of halogens is 1. The fourth-order valence-electron chi connectivity index (χ4n) is 1.96. The van der Waals surface area contributed by atoms with Crippen LogP contribution in [-0.2, 0) is 0 Å². The lowest BCUT2D eigenvalue weighted by Gasteiger charge is -2.18. The first-order chi connectivity index (χ1) is 7.20. The van der Waals surface area contributed by atoms with Crippen LogP contribution in [0, 0.1) is 23.1 Å². The van der Waals surface area contributed by atoms with Gasteiger partial charge in [-0.1, -0.05) is 6.92 Å². The van der Waals surface area contributed by atoms with Crippen molar-refractivity contribution < 1.29 is 4.39 Å². The highest BCUT2D eigenvalue weighted by Crippen LogP contribution is 2.24. The molecule has 0 spiro atoms. The molecule has 0 saturated carbocycles. The molecule has 0 amide bonds. The number of hydrogen-bond acceptors (Lipinski definition) is 2. The van der Waals surface area contributed by atoms with Crippen LogP contribution in [0.4, 0.5) is 10.1 Å². The molecule has 3 heteroatoms. The molecule has 2 nitrogen and oxygen atoms in total. The summed E-state index contributed by atoms with van der Waals surface area (Å²) in [5.74, 6) is 0.248. The zero-order valence-corrected chi connectivity index (χ0v) is 8.70. The minimum atomic E-state index is -0.422. The topological polar surface area (TPSA) is 27.0 Å². The Labute approximate surface area is 88.9 Å². The van der Waals surface area contributed by atoms with Crippen molar-refractivity contribution in [2.45, 2.75) is 13.3 Å². The van der Waals surface area contributed by atoms with Gasteiger partial charge in [0.2, 0.25) is 0 Å². The number of nitriles is 1. The van der Waals surface area contributed by atoms with Gasteiger partial charge < -0.3 is 4.90 Å². The summed E-state index contributed by atoms with van der Waals surface area (Å²) < 4.78 is 13.4. The first-order valence-corrected chi connectivity index (χ1v) is 5.15. The van der Waals surface area contributed by atoms with Crippen LogP contribution in [0.25, 0.3) is 0 Å². The first kappa shape index (κ1) is 9.97. The summed E-state index contributed by atoms with van der Waals surface area (Å²) in [7, 11) is 0. The van der Waals surface area contributed by atoms with Crippen molar-refractivity contribution in [3.05, 3.63) is 29.6 Å². The van der Waals surface area contributed by atoms with Gasteiger partial charge in [-0.3, -0.25) is 0 Å². The van der Waals surface area contributed by atoms with Gasteiger partial charge in [0.15, 0.2) is 0 Å². The SMILES string of the molecule is C[C@@H]1CCN(c2ccc(C#N)c(F)c2)C1. The van der Waals surface area contributed by atoms with Crippen LogP contribution in [0.2, 0.25) is 0 Å². The molecule has 1 aliphatic heterocycles. The Hall–Kier alpha value is -1.56. The lowest BCUT2D eigenvalue weighted by atomic mass is 10.2. The van der Waals surface area contributed by atoms with Gasteiger partial charge in [0.05, 0.1) is 5.56 Å². The molecule has 0 bridgehead atoms. The van der Waals surface area contributed by atoms with E-state index >= 15 is 0 Å². The lowest BCUT2D eigenvalue weighted by molar-refractivity contribution is 0.623. The molecule has 0 N–H and O–H groups in total. The Morgan fingerprint density at radius 2 is 2.33 bits per heavy atom. The second-order valence-electron chi connectivity index (χ2n) is 4.12. The van der Waals surface area contributed by atoms with Crippen LogP contribution < -0.4 is 4.90 Å². The van der Waals surface area contributed by atoms with Gasteiger partial charge in [-0.05, 0) is 30.5 Å². The lowest BCUT2D eigenvalue weighted by Crippen LogP contribution is -2.19. The third-order valence-electron chi connectivity index (χ3n) is 2.86. The Morgan fingerprint density at radius 1 is 1.53 bits per heavy atom. The predicted octanol–water partition coefficient (Wildman–Crippen LogP) is 2.54. The van der Waals surface area contributed by atoms with E-state index in [-0.39, 0.29) is 5.56 Å². The quantitative estimate of drug-likeness (QED) is 0.703. The van der Waals surface area contributed by atoms with Gasteiger partial charge in [0.1, 0.15) is 11.9 Å². The largest absolute Gasteiger partial charge is 0.371 e. The van der Waals surface area contributed by atoms with Gasteiger partial charge in [0.25, 0.3) is 0 Å². The van der Waals surface area contributed by atoms with Crippen LogP contribution in [0.3, 0.4) is 0 Å². The van der Waals surface area contributed by atoms with Crippen molar-refractivity contribution >= 4 is 5.69 Å². The molecule has 1 aromatic carbocycles. The zero-order chi connectivity index (χ0) is 10.8. The predicted molar refractivity (Wildman–Crippen MR) is 57.1 cm³/mol. The van der Waals surface area contributed by atoms with E-state index in [1.165, 1.54) is 6.07 Å². The minimum absolute atomic E-state index is 0.117. The summed E-state index contributed by atoms with van der Waals surface area (Å²) >= 11 is 0. The van der Waals surface area contributed by atoms with E-state index in [1.54, 1.807) is 6.07 Å². The molecule has 0 aromatic heterocycles. The zero-order valence-electron chi connectivity index (χ0n) is 8.70. The van der Waals surface area contributed by atoms with E-state index in [0.29, 0.717) is 5.92 Å². The third-order valence-corrected chi connectivity index (χ3v) is 2.86. The molecule has 0 unspecified atom stereocenters. The molecule has 1 atom stereocenters. The molecule has 1 fully saturated rings. The average molecular weight is 204 g/mol. The Balaban J connectivity index is 2.24. The summed E-state index contributed by atoms with van der Waals surface area (Å²) in [4.78, 5) is 2.16. The third kappa shape index (κ3) is 1.94. The molecule has 2 rings (SSSR count). The van der Waals surface area contributed by atoms with Crippen LogP contribution in [0.1, 0.15) is 18.9 Å². The van der Waals surface area contributed by atoms with Crippen LogP contribution in [-0.4, -0.2) is 13.1 Å². The van der Waals surface area contributed by atoms with Crippen molar-refractivity contribution in [2.75, 3.05) is 18.0 Å². The maximum Gasteiger partial charge on any atom is 0.143 e. The van der Waals surface area contributed by atoms with E-state index < -0.39 is 5.82 Å². The van der Waals surface area contributed by atoms with Crippen LogP contribution in [0.5, 0.6) is 0 Å². The Bertz CT molecular complexity index is 409. The Kier molecular flexibility index (Phi) is 2.59. The van der Waals surface area contributed by atoms with Gasteiger partial charge in [-0.25, -0.2) is 4.39 Å². The van der Waals surface area contributed by atoms with Gasteiger partial charge in [-0.15, -0.1) is 0 Å². The molecule has 1 heterocycles. The first-order valence-electron chi connectivity index (χ1n) is 5.15. The van der Waals surface area contributed by atoms with Crippen molar-refractivity contribution in [1.29, 1.82) is 5.26 Å². The van der Waals surface area contributed by atoms with Crippen molar-refractivity contribution in [1.82, 2.24) is 0 Å². The average Bonchev–Trinajstić information content (AvgIpc) is 2.65. The molecule has 0 aliphatic carbocycles.